The molecule has 2 aromatic carbocycles. The van der Waals surface area contributed by atoms with Crippen molar-refractivity contribution in [2.75, 3.05) is 33.2 Å². The van der Waals surface area contributed by atoms with Gasteiger partial charge in [0.15, 0.2) is 5.96 Å². The van der Waals surface area contributed by atoms with Crippen molar-refractivity contribution in [1.82, 2.24) is 57.7 Å². The van der Waals surface area contributed by atoms with Crippen molar-refractivity contribution in [2.45, 2.75) is 160 Å². The Morgan fingerprint density at radius 3 is 1.96 bits per heavy atom. The molecule has 14 N–H and O–H groups in total. The Morgan fingerprint density at radius 2 is 1.31 bits per heavy atom. The van der Waals surface area contributed by atoms with E-state index in [1.807, 2.05) is 6.92 Å². The quantitative estimate of drug-likeness (QED) is 0.0452. The number of aliphatic carboxylic acids is 1. The van der Waals surface area contributed by atoms with E-state index in [1.165, 1.54) is 35.9 Å². The van der Waals surface area contributed by atoms with Crippen molar-refractivity contribution in [3.05, 3.63) is 65.7 Å². The third kappa shape index (κ3) is 21.7. The molecule has 444 valence electrons. The molecule has 10 amide bonds. The van der Waals surface area contributed by atoms with Crippen LogP contribution < -0.4 is 53.6 Å². The molecule has 8 atom stereocenters. The van der Waals surface area contributed by atoms with Crippen LogP contribution in [0.4, 0.5) is 0 Å². The Bertz CT molecular complexity index is 2530. The van der Waals surface area contributed by atoms with E-state index in [0.717, 1.165) is 0 Å². The molecule has 0 spiro atoms. The van der Waals surface area contributed by atoms with Gasteiger partial charge in [-0.1, -0.05) is 63.2 Å². The first-order valence-corrected chi connectivity index (χ1v) is 27.5. The number of carbonyl (C=O) groups is 11. The van der Waals surface area contributed by atoms with Crippen molar-refractivity contribution in [2.24, 2.45) is 11.7 Å². The third-order valence-corrected chi connectivity index (χ3v) is 13.7. The lowest BCUT2D eigenvalue weighted by atomic mass is 10.0. The van der Waals surface area contributed by atoms with Crippen LogP contribution in [0.5, 0.6) is 5.75 Å². The fourth-order valence-electron chi connectivity index (χ4n) is 9.42. The van der Waals surface area contributed by atoms with Crippen LogP contribution in [-0.2, 0) is 65.6 Å². The van der Waals surface area contributed by atoms with Crippen molar-refractivity contribution < 1.29 is 63.0 Å². The third-order valence-electron chi connectivity index (χ3n) is 13.7. The van der Waals surface area contributed by atoms with Gasteiger partial charge in [0.1, 0.15) is 54.1 Å². The van der Waals surface area contributed by atoms with Crippen LogP contribution >= 0.6 is 0 Å². The molecule has 2 aromatic rings. The number of nitrogens with two attached hydrogens (primary N) is 1. The minimum atomic E-state index is -1.78. The minimum Gasteiger partial charge on any atom is -0.508 e. The smallest absolute Gasteiger partial charge is 0.305 e. The molecule has 2 fully saturated rings. The zero-order chi connectivity index (χ0) is 59.8. The summed E-state index contributed by atoms with van der Waals surface area (Å²) in [4.78, 5) is 155. The molecule has 2 heterocycles. The monoisotopic (exact) mass is 1130 g/mol. The highest BCUT2D eigenvalue weighted by molar-refractivity contribution is 5.99. The Balaban J connectivity index is 1.83. The molecule has 0 aliphatic carbocycles. The van der Waals surface area contributed by atoms with Crippen LogP contribution in [0, 0.1) is 11.3 Å². The van der Waals surface area contributed by atoms with E-state index in [-0.39, 0.29) is 88.1 Å². The number of unbranched alkanes of at least 4 members (excludes halogenated alkanes) is 1. The number of nitrogens with zero attached hydrogens (tertiary/aromatic N) is 2. The number of rotatable bonds is 19. The van der Waals surface area contributed by atoms with Crippen LogP contribution in [0.1, 0.15) is 109 Å². The molecule has 0 radical (unpaired) electrons. The fraction of sp³-hybridized carbons (Fsp3) is 0.564. The normalized spacial score (nSPS) is 23.4. The fourth-order valence-corrected chi connectivity index (χ4v) is 9.42. The molecule has 0 bridgehead atoms. The number of fused-ring (bicyclic) bond motifs is 1. The van der Waals surface area contributed by atoms with Crippen molar-refractivity contribution in [3.8, 4) is 5.75 Å². The number of hydrogen-bond donors (Lipinski definition) is 13. The number of carboxylic acids is 1. The van der Waals surface area contributed by atoms with Gasteiger partial charge in [0.2, 0.25) is 59.1 Å². The number of hydrogen-bond acceptors (Lipinski definition) is 13. The van der Waals surface area contributed by atoms with E-state index in [0.29, 0.717) is 43.2 Å². The van der Waals surface area contributed by atoms with Gasteiger partial charge in [-0.2, -0.15) is 0 Å². The highest BCUT2D eigenvalue weighted by Gasteiger charge is 2.42. The summed E-state index contributed by atoms with van der Waals surface area (Å²) in [5.74, 6) is -9.96. The average Bonchev–Trinajstić information content (AvgIpc) is 3.94. The van der Waals surface area contributed by atoms with E-state index < -0.39 is 120 Å². The number of aromatic hydroxyl groups is 1. The topological polar surface area (TPSA) is 393 Å². The number of phenolic OH excluding ortho intramolecular Hbond substituents is 1. The number of carbonyl (C=O) groups excluding carboxylic acids is 10. The number of nitrogens with one attached hydrogen (secondary N) is 10. The molecular weight excluding hydrogens is 1050 g/mol. The van der Waals surface area contributed by atoms with Crippen molar-refractivity contribution in [3.63, 3.8) is 0 Å². The van der Waals surface area contributed by atoms with Crippen LogP contribution in [-0.4, -0.2) is 173 Å². The maximum absolute atomic E-state index is 14.9. The molecule has 0 saturated carbocycles. The van der Waals surface area contributed by atoms with E-state index in [2.05, 4.69) is 47.9 Å². The number of amides is 10. The molecule has 4 rings (SSSR count). The van der Waals surface area contributed by atoms with Crippen LogP contribution in [0.25, 0.3) is 0 Å². The second-order valence-electron chi connectivity index (χ2n) is 20.8. The molecule has 2 saturated heterocycles. The molecule has 26 nitrogen and oxygen atoms in total. The Morgan fingerprint density at radius 1 is 0.704 bits per heavy atom. The van der Waals surface area contributed by atoms with Crippen LogP contribution in [0.15, 0.2) is 54.6 Å². The Hall–Kier alpha value is -8.32. The highest BCUT2D eigenvalue weighted by Crippen LogP contribution is 2.24. The molecule has 2 aliphatic rings. The summed E-state index contributed by atoms with van der Waals surface area (Å²) in [5.41, 5.74) is 6.58. The minimum absolute atomic E-state index is 0.0169. The van der Waals surface area contributed by atoms with E-state index >= 15 is 0 Å². The standard InChI is InChI=1S/C55H81N13O13/c1-6-14-44(70)58-24-11-10-18-42-52(79)65-39(28-34-15-8-7-9-16-34)50(77)63-37(17-12-25-59-55(56)57)48(75)60-31-45(71)62-40(30-46(72)73)51(78)64-38(27-32(2)3)49(76)61-33(4)47(74)66-41(29-35-20-22-36(69)23-21-35)53(80)68-26-13-19-43(68)54(81)67(42)5/h7-9,15-16,20-23,32-33,37-43,69H,6,10-14,17-19,24-31H2,1-5H3,(H,58,70)(H,60,75)(H,61,76)(H,62,71)(H,63,77)(H,64,78)(H,65,79)(H,66,74)(H,72,73)(H4,56,57,59)/t33-,37-,38-,39-,40-,41-,42-,43+/m0/s1. The predicted molar refractivity (Wildman–Crippen MR) is 296 cm³/mol. The molecule has 81 heavy (non-hydrogen) atoms. The summed E-state index contributed by atoms with van der Waals surface area (Å²) in [7, 11) is 1.41. The number of guanidine groups is 1. The lowest BCUT2D eigenvalue weighted by Crippen LogP contribution is -2.60. The van der Waals surface area contributed by atoms with Gasteiger partial charge in [-0.3, -0.25) is 58.1 Å². The van der Waals surface area contributed by atoms with Crippen molar-refractivity contribution >= 4 is 71.0 Å². The van der Waals surface area contributed by atoms with Gasteiger partial charge in [-0.25, -0.2) is 0 Å². The first kappa shape index (κ1) is 65.2. The lowest BCUT2D eigenvalue weighted by molar-refractivity contribution is -0.148. The molecule has 0 unspecified atom stereocenters. The SMILES string of the molecule is CCCC(=O)NCCCC[C@H]1C(=O)N[C@@H](Cc2ccccc2)C(=O)N[C@@H](CCCNC(=N)N)C(=O)NCC(=O)N[C@@H](CC(=O)O)C(=O)N[C@@H](CC(C)C)C(=O)N[C@@H](C)C(=O)N[C@@H](Cc2ccc(O)cc2)C(=O)N2CCC[C@@H]2C(=O)N1C. The summed E-state index contributed by atoms with van der Waals surface area (Å²) < 4.78 is 0. The first-order chi connectivity index (χ1) is 38.5. The molecular formula is C55H81N13O13. The second kappa shape index (κ2) is 32.7. The van der Waals surface area contributed by atoms with Crippen molar-refractivity contribution in [1.29, 1.82) is 5.41 Å². The maximum Gasteiger partial charge on any atom is 0.305 e. The highest BCUT2D eigenvalue weighted by atomic mass is 16.4. The van der Waals surface area contributed by atoms with Gasteiger partial charge in [0, 0.05) is 45.9 Å². The van der Waals surface area contributed by atoms with Crippen LogP contribution in [0.2, 0.25) is 0 Å². The summed E-state index contributed by atoms with van der Waals surface area (Å²) in [6, 6.07) is 3.41. The van der Waals surface area contributed by atoms with Gasteiger partial charge in [-0.15, -0.1) is 0 Å². The van der Waals surface area contributed by atoms with E-state index in [1.54, 1.807) is 56.3 Å². The number of benzene rings is 2. The van der Waals surface area contributed by atoms with Gasteiger partial charge < -0.3 is 73.6 Å². The summed E-state index contributed by atoms with van der Waals surface area (Å²) in [6.07, 6.45) is 1.04. The summed E-state index contributed by atoms with van der Waals surface area (Å²) >= 11 is 0. The van der Waals surface area contributed by atoms with E-state index in [9.17, 15) is 63.0 Å². The number of phenols is 1. The Kier molecular flexibility index (Phi) is 26.3. The van der Waals surface area contributed by atoms with Gasteiger partial charge in [-0.05, 0) is 93.9 Å². The van der Waals surface area contributed by atoms with Gasteiger partial charge in [0.25, 0.3) is 0 Å². The maximum atomic E-state index is 14.9. The Labute approximate surface area is 471 Å². The zero-order valence-corrected chi connectivity index (χ0v) is 46.8. The lowest BCUT2D eigenvalue weighted by Gasteiger charge is -2.35. The van der Waals surface area contributed by atoms with E-state index in [4.69, 9.17) is 11.1 Å². The number of likely N-dealkylation sites (N-methyl/N-ethyl adjacent to an activating group) is 1. The predicted octanol–water partition coefficient (Wildman–Crippen LogP) is -1.08. The molecule has 2 aliphatic heterocycles. The largest absolute Gasteiger partial charge is 0.508 e. The zero-order valence-electron chi connectivity index (χ0n) is 46.8. The van der Waals surface area contributed by atoms with Gasteiger partial charge >= 0.3 is 5.97 Å². The van der Waals surface area contributed by atoms with Gasteiger partial charge in [0.05, 0.1) is 13.0 Å². The average molecular weight is 1130 g/mol. The number of carboxylic acid groups (broad SMARTS) is 1. The second-order valence-corrected chi connectivity index (χ2v) is 20.8. The first-order valence-electron chi connectivity index (χ1n) is 27.5. The summed E-state index contributed by atoms with van der Waals surface area (Å²) in [5, 5.41) is 50.8. The van der Waals surface area contributed by atoms with Crippen LogP contribution in [0.3, 0.4) is 0 Å². The molecule has 0 aromatic heterocycles. The summed E-state index contributed by atoms with van der Waals surface area (Å²) in [6.45, 7) is 6.29. The molecule has 26 heteroatoms.